The fourth-order valence-corrected chi connectivity index (χ4v) is 12.8. The lowest BCUT2D eigenvalue weighted by molar-refractivity contribution is -0.274. The average Bonchev–Trinajstić information content (AvgIpc) is 2.96. The van der Waals surface area contributed by atoms with Crippen LogP contribution in [0.4, 0.5) is 0 Å². The van der Waals surface area contributed by atoms with Crippen molar-refractivity contribution in [1.82, 2.24) is 0 Å². The Bertz CT molecular complexity index is 1110. The van der Waals surface area contributed by atoms with Gasteiger partial charge in [-0.2, -0.15) is 0 Å². The van der Waals surface area contributed by atoms with Crippen LogP contribution in [0.5, 0.6) is 0 Å². The van der Waals surface area contributed by atoms with Gasteiger partial charge in [-0.3, -0.25) is 0 Å². The first kappa shape index (κ1) is 32.4. The summed E-state index contributed by atoms with van der Waals surface area (Å²) < 4.78 is 6.02. The number of aliphatic hydroxyl groups excluding tert-OH is 6. The van der Waals surface area contributed by atoms with Gasteiger partial charge in [-0.25, -0.2) is 0 Å². The molecule has 43 heavy (non-hydrogen) atoms. The van der Waals surface area contributed by atoms with Crippen LogP contribution in [-0.4, -0.2) is 80.0 Å². The third-order valence-corrected chi connectivity index (χ3v) is 15.9. The highest BCUT2D eigenvalue weighted by Crippen LogP contribution is 2.76. The van der Waals surface area contributed by atoms with Crippen molar-refractivity contribution in [3.8, 4) is 0 Å². The molecule has 1 heterocycles. The first-order valence-corrected chi connectivity index (χ1v) is 17.4. The molecular weight excluding hydrogens is 544 g/mol. The number of allylic oxidation sites excluding steroid dienone is 2. The minimum absolute atomic E-state index is 0.0291. The molecule has 1 aliphatic heterocycles. The van der Waals surface area contributed by atoms with Gasteiger partial charge >= 0.3 is 0 Å². The molecule has 0 aromatic carbocycles. The lowest BCUT2D eigenvalue weighted by atomic mass is 9.33. The van der Waals surface area contributed by atoms with Gasteiger partial charge in [-0.1, -0.05) is 60.1 Å². The third-order valence-electron chi connectivity index (χ3n) is 15.9. The molecule has 6 rings (SSSR count). The molecule has 0 aromatic heterocycles. The molecule has 0 radical (unpaired) electrons. The highest BCUT2D eigenvalue weighted by Gasteiger charge is 2.70. The predicted molar refractivity (Wildman–Crippen MR) is 165 cm³/mol. The van der Waals surface area contributed by atoms with Crippen LogP contribution in [0.3, 0.4) is 0 Å². The van der Waals surface area contributed by atoms with Gasteiger partial charge in [0.05, 0.1) is 18.8 Å². The van der Waals surface area contributed by atoms with Crippen molar-refractivity contribution in [2.24, 2.45) is 56.7 Å². The maximum absolute atomic E-state index is 12.3. The average molecular weight is 605 g/mol. The summed E-state index contributed by atoms with van der Waals surface area (Å²) in [4.78, 5) is 0. The van der Waals surface area contributed by atoms with E-state index >= 15 is 0 Å². The van der Waals surface area contributed by atoms with Crippen molar-refractivity contribution < 1.29 is 35.4 Å². The van der Waals surface area contributed by atoms with E-state index in [9.17, 15) is 30.6 Å². The van der Waals surface area contributed by atoms with Crippen molar-refractivity contribution in [3.63, 3.8) is 0 Å². The van der Waals surface area contributed by atoms with Crippen molar-refractivity contribution in [1.29, 1.82) is 0 Å². The van der Waals surface area contributed by atoms with E-state index in [2.05, 4.69) is 54.5 Å². The molecule has 0 bridgehead atoms. The van der Waals surface area contributed by atoms with Crippen LogP contribution in [0.25, 0.3) is 0 Å². The van der Waals surface area contributed by atoms with Crippen molar-refractivity contribution in [2.45, 2.75) is 149 Å². The van der Waals surface area contributed by atoms with Crippen molar-refractivity contribution in [2.75, 3.05) is 6.61 Å². The minimum atomic E-state index is -1.49. The molecule has 7 heteroatoms. The number of rotatable bonds is 3. The largest absolute Gasteiger partial charge is 0.394 e. The van der Waals surface area contributed by atoms with Crippen LogP contribution < -0.4 is 0 Å². The van der Waals surface area contributed by atoms with Crippen LogP contribution in [0.1, 0.15) is 106 Å². The summed E-state index contributed by atoms with van der Waals surface area (Å²) in [5.74, 6) is 1.95. The van der Waals surface area contributed by atoms with Crippen LogP contribution in [0.2, 0.25) is 0 Å². The summed E-state index contributed by atoms with van der Waals surface area (Å²) in [5.41, 5.74) is 1.10. The van der Waals surface area contributed by atoms with E-state index in [1.807, 2.05) is 0 Å². The molecule has 5 fully saturated rings. The molecule has 7 nitrogen and oxygen atoms in total. The van der Waals surface area contributed by atoms with Gasteiger partial charge in [-0.05, 0) is 109 Å². The minimum Gasteiger partial charge on any atom is -0.394 e. The maximum atomic E-state index is 12.3. The van der Waals surface area contributed by atoms with Gasteiger partial charge in [0.1, 0.15) is 30.5 Å². The van der Waals surface area contributed by atoms with E-state index in [0.29, 0.717) is 23.7 Å². The Kier molecular flexibility index (Phi) is 7.90. The summed E-state index contributed by atoms with van der Waals surface area (Å²) in [5, 5.41) is 65.4. The highest BCUT2D eigenvalue weighted by atomic mass is 16.6. The van der Waals surface area contributed by atoms with Gasteiger partial charge in [0.15, 0.2) is 0 Å². The smallest absolute Gasteiger partial charge is 0.113 e. The zero-order chi connectivity index (χ0) is 31.5. The molecule has 0 amide bonds. The molecule has 16 atom stereocenters. The number of ether oxygens (including phenoxy) is 1. The van der Waals surface area contributed by atoms with E-state index in [1.54, 1.807) is 0 Å². The quantitative estimate of drug-likeness (QED) is 0.266. The Balaban J connectivity index is 1.41. The van der Waals surface area contributed by atoms with Crippen LogP contribution in [-0.2, 0) is 4.74 Å². The Morgan fingerprint density at radius 3 is 2.21 bits per heavy atom. The summed E-state index contributed by atoms with van der Waals surface area (Å²) in [6, 6.07) is 0. The summed E-state index contributed by atoms with van der Waals surface area (Å²) in [7, 11) is 0. The van der Waals surface area contributed by atoms with Gasteiger partial charge in [0.25, 0.3) is 0 Å². The number of fused-ring (bicyclic) bond motifs is 7. The lowest BCUT2D eigenvalue weighted by Gasteiger charge is -2.72. The molecule has 0 aromatic rings. The topological polar surface area (TPSA) is 131 Å². The molecule has 6 aliphatic rings. The van der Waals surface area contributed by atoms with Crippen molar-refractivity contribution in [3.05, 3.63) is 11.6 Å². The molecule has 1 saturated heterocycles. The maximum Gasteiger partial charge on any atom is 0.113 e. The molecule has 5 aliphatic carbocycles. The Morgan fingerprint density at radius 1 is 0.837 bits per heavy atom. The van der Waals surface area contributed by atoms with Gasteiger partial charge in [-0.15, -0.1) is 0 Å². The molecule has 6 unspecified atom stereocenters. The fourth-order valence-electron chi connectivity index (χ4n) is 12.8. The Labute approximate surface area is 259 Å². The first-order chi connectivity index (χ1) is 20.0. The molecule has 6 N–H and O–H groups in total. The van der Waals surface area contributed by atoms with E-state index < -0.39 is 48.6 Å². The number of aliphatic hydroxyl groups is 6. The monoisotopic (exact) mass is 604 g/mol. The molecule has 246 valence electrons. The Morgan fingerprint density at radius 2 is 1.53 bits per heavy atom. The second-order valence-electron chi connectivity index (χ2n) is 17.5. The predicted octanol–water partition coefficient (Wildman–Crippen LogP) is 4.21. The standard InChI is InChI=1S/C36H60O7/c1-19-10-15-36(31(42)30-29(41)28(40)27(39)22(18-37)43-30)17-16-34(6)21(26(36)20(19)2)8-9-24-33(5)13-12-25(38)32(3,4)23(33)11-14-35(24,34)7/h8,19-20,22-31,37-42H,9-18H2,1-7H3/t19-,20+,22?,23?,24?,25+,26?,27-,28+,29?,30-,31?,33+,34-,35-,36+/m1/s1. The van der Waals surface area contributed by atoms with Gasteiger partial charge in [0.2, 0.25) is 0 Å². The number of hydrogen-bond donors (Lipinski definition) is 6. The summed E-state index contributed by atoms with van der Waals surface area (Å²) >= 11 is 0. The summed E-state index contributed by atoms with van der Waals surface area (Å²) in [6.45, 7) is 16.3. The van der Waals surface area contributed by atoms with Crippen LogP contribution in [0.15, 0.2) is 11.6 Å². The molecule has 0 spiro atoms. The second-order valence-corrected chi connectivity index (χ2v) is 17.5. The Hall–Kier alpha value is -0.540. The van der Waals surface area contributed by atoms with Crippen molar-refractivity contribution >= 4 is 0 Å². The van der Waals surface area contributed by atoms with E-state index in [-0.39, 0.29) is 33.7 Å². The first-order valence-electron chi connectivity index (χ1n) is 17.4. The summed E-state index contributed by atoms with van der Waals surface area (Å²) in [6.07, 6.45) is 3.59. The van der Waals surface area contributed by atoms with Crippen LogP contribution in [0, 0.1) is 56.7 Å². The number of hydrogen-bond acceptors (Lipinski definition) is 7. The second kappa shape index (κ2) is 10.5. The highest BCUT2D eigenvalue weighted by molar-refractivity contribution is 5.35. The van der Waals surface area contributed by atoms with E-state index in [0.717, 1.165) is 57.8 Å². The van der Waals surface area contributed by atoms with Gasteiger partial charge < -0.3 is 35.4 Å². The van der Waals surface area contributed by atoms with Crippen LogP contribution >= 0.6 is 0 Å². The normalized spacial score (nSPS) is 57.0. The zero-order valence-corrected chi connectivity index (χ0v) is 27.7. The molecule has 4 saturated carbocycles. The SMILES string of the molecule is C[C@@H]1CC[C@]2(C(O)[C@@H]3OC(CO)[C@@H](O)[C@H](O)C3O)CC[C@]3(C)C(=CCC4[C@@]5(C)CC[C@H](O)C(C)(C)C5CC[C@]43C)C2[C@H]1C. The third kappa shape index (κ3) is 4.17. The van der Waals surface area contributed by atoms with E-state index in [4.69, 9.17) is 4.74 Å². The van der Waals surface area contributed by atoms with E-state index in [1.165, 1.54) is 5.57 Å². The van der Waals surface area contributed by atoms with Gasteiger partial charge in [0, 0.05) is 5.41 Å². The lowest BCUT2D eigenvalue weighted by Crippen LogP contribution is -2.68. The fraction of sp³-hybridized carbons (Fsp3) is 0.944. The zero-order valence-electron chi connectivity index (χ0n) is 27.7. The molecular formula is C36H60O7.